The smallest absolute Gasteiger partial charge is 0.147 e. The molecule has 1 N–H and O–H groups in total. The Hall–Kier alpha value is -2.85. The van der Waals surface area contributed by atoms with Crippen molar-refractivity contribution in [1.82, 2.24) is 15.0 Å². The predicted molar refractivity (Wildman–Crippen MR) is 99.0 cm³/mol. The van der Waals surface area contributed by atoms with E-state index in [2.05, 4.69) is 19.9 Å². The topological polar surface area (TPSA) is 71.8 Å². The van der Waals surface area contributed by atoms with Crippen LogP contribution >= 0.6 is 11.6 Å². The summed E-state index contributed by atoms with van der Waals surface area (Å²) in [5, 5.41) is 10.2. The van der Waals surface area contributed by atoms with Gasteiger partial charge in [0.25, 0.3) is 0 Å². The Morgan fingerprint density at radius 2 is 2.27 bits per heavy atom. The van der Waals surface area contributed by atoms with Crippen LogP contribution in [-0.4, -0.2) is 41.1 Å². The number of aromatic amines is 1. The lowest BCUT2D eigenvalue weighted by atomic mass is 10.1. The van der Waals surface area contributed by atoms with E-state index in [0.29, 0.717) is 12.2 Å². The minimum atomic E-state index is -0.443. The third-order valence-corrected chi connectivity index (χ3v) is 5.19. The quantitative estimate of drug-likeness (QED) is 0.765. The van der Waals surface area contributed by atoms with Crippen LogP contribution in [0.3, 0.4) is 0 Å². The van der Waals surface area contributed by atoms with Gasteiger partial charge in [0.2, 0.25) is 0 Å². The molecule has 0 radical (unpaired) electrons. The maximum absolute atomic E-state index is 14.4. The zero-order valence-corrected chi connectivity index (χ0v) is 14.8. The van der Waals surface area contributed by atoms with E-state index in [1.54, 1.807) is 6.33 Å². The maximum atomic E-state index is 14.4. The molecular formula is C18H16ClFN6. The van der Waals surface area contributed by atoms with Crippen LogP contribution in [0.15, 0.2) is 30.7 Å². The summed E-state index contributed by atoms with van der Waals surface area (Å²) in [6, 6.07) is 6.68. The second-order valence-corrected chi connectivity index (χ2v) is 6.74. The summed E-state index contributed by atoms with van der Waals surface area (Å²) < 4.78 is 14.4. The van der Waals surface area contributed by atoms with Gasteiger partial charge < -0.3 is 14.8 Å². The fourth-order valence-corrected chi connectivity index (χ4v) is 3.65. The molecule has 1 aliphatic rings. The molecule has 3 aromatic rings. The molecule has 26 heavy (non-hydrogen) atoms. The van der Waals surface area contributed by atoms with Gasteiger partial charge in [-0.05, 0) is 24.6 Å². The normalized spacial score (nSPS) is 16.8. The molecule has 3 heterocycles. The molecule has 1 fully saturated rings. The summed E-state index contributed by atoms with van der Waals surface area (Å²) in [6.45, 7) is 1.53. The highest BCUT2D eigenvalue weighted by atomic mass is 35.5. The molecule has 8 heteroatoms. The van der Waals surface area contributed by atoms with Gasteiger partial charge in [-0.25, -0.2) is 14.4 Å². The first-order chi connectivity index (χ1) is 12.6. The summed E-state index contributed by atoms with van der Waals surface area (Å²) in [5.74, 6) is 0.437. The van der Waals surface area contributed by atoms with Gasteiger partial charge in [-0.2, -0.15) is 5.26 Å². The summed E-state index contributed by atoms with van der Waals surface area (Å²) in [5.41, 5.74) is 1.34. The number of nitrogens with zero attached hydrogens (tertiary/aromatic N) is 5. The van der Waals surface area contributed by atoms with E-state index in [4.69, 9.17) is 16.9 Å². The monoisotopic (exact) mass is 370 g/mol. The van der Waals surface area contributed by atoms with Crippen molar-refractivity contribution in [2.45, 2.75) is 12.5 Å². The minimum absolute atomic E-state index is 0.109. The van der Waals surface area contributed by atoms with Crippen LogP contribution in [-0.2, 0) is 0 Å². The number of hydrogen-bond acceptors (Lipinski definition) is 5. The van der Waals surface area contributed by atoms with E-state index in [9.17, 15) is 4.39 Å². The fourth-order valence-electron chi connectivity index (χ4n) is 3.45. The lowest BCUT2D eigenvalue weighted by molar-refractivity contribution is 0.605. The third-order valence-electron chi connectivity index (χ3n) is 4.88. The van der Waals surface area contributed by atoms with Crippen LogP contribution in [0, 0.1) is 17.1 Å². The Balaban J connectivity index is 1.58. The maximum Gasteiger partial charge on any atom is 0.147 e. The predicted octanol–water partition coefficient (Wildman–Crippen LogP) is 3.34. The number of halogens is 2. The van der Waals surface area contributed by atoms with Crippen molar-refractivity contribution in [3.8, 4) is 6.07 Å². The first-order valence-corrected chi connectivity index (χ1v) is 8.61. The molecule has 0 spiro atoms. The molecule has 6 nitrogen and oxygen atoms in total. The van der Waals surface area contributed by atoms with E-state index in [0.717, 1.165) is 29.8 Å². The van der Waals surface area contributed by atoms with Gasteiger partial charge in [0, 0.05) is 32.4 Å². The van der Waals surface area contributed by atoms with Crippen LogP contribution in [0.25, 0.3) is 11.0 Å². The van der Waals surface area contributed by atoms with E-state index in [1.807, 2.05) is 30.3 Å². The highest BCUT2D eigenvalue weighted by molar-refractivity contribution is 6.32. The molecule has 0 unspecified atom stereocenters. The van der Waals surface area contributed by atoms with E-state index >= 15 is 0 Å². The van der Waals surface area contributed by atoms with Gasteiger partial charge in [0.1, 0.15) is 29.7 Å². The number of hydrogen-bond donors (Lipinski definition) is 1. The van der Waals surface area contributed by atoms with Crippen molar-refractivity contribution < 1.29 is 4.39 Å². The van der Waals surface area contributed by atoms with E-state index in [-0.39, 0.29) is 16.6 Å². The van der Waals surface area contributed by atoms with Crippen molar-refractivity contribution in [2.24, 2.45) is 0 Å². The molecule has 0 aliphatic carbocycles. The Morgan fingerprint density at radius 1 is 1.42 bits per heavy atom. The molecule has 0 amide bonds. The number of aromatic nitrogens is 3. The summed E-state index contributed by atoms with van der Waals surface area (Å²) >= 11 is 6.08. The van der Waals surface area contributed by atoms with Crippen molar-refractivity contribution in [2.75, 3.05) is 29.9 Å². The van der Waals surface area contributed by atoms with Gasteiger partial charge in [0.05, 0.1) is 21.7 Å². The number of rotatable bonds is 3. The second-order valence-electron chi connectivity index (χ2n) is 6.33. The molecule has 4 rings (SSSR count). The van der Waals surface area contributed by atoms with Gasteiger partial charge in [-0.1, -0.05) is 11.6 Å². The van der Waals surface area contributed by atoms with Crippen LogP contribution in [0.4, 0.5) is 15.9 Å². The number of nitriles is 1. The number of benzene rings is 1. The number of nitrogens with one attached hydrogen (secondary N) is 1. The van der Waals surface area contributed by atoms with Gasteiger partial charge in [0.15, 0.2) is 0 Å². The third kappa shape index (κ3) is 2.72. The molecule has 1 atom stereocenters. The molecule has 0 saturated carbocycles. The molecule has 1 aliphatic heterocycles. The Kier molecular flexibility index (Phi) is 4.13. The van der Waals surface area contributed by atoms with Crippen molar-refractivity contribution in [3.63, 3.8) is 0 Å². The van der Waals surface area contributed by atoms with Crippen molar-refractivity contribution in [3.05, 3.63) is 47.1 Å². The first kappa shape index (κ1) is 16.6. The van der Waals surface area contributed by atoms with Crippen molar-refractivity contribution in [1.29, 1.82) is 5.26 Å². The standard InChI is InChI=1S/C18H16ClFN6/c1-25(16-7-14(19)11(8-21)6-15(16)20)12-3-5-26(9-12)18-13-2-4-22-17(13)23-10-24-18/h2,4,6-7,10,12H,3,5,9H2,1H3,(H,22,23,24)/t12-/m1/s1. The molecule has 1 saturated heterocycles. The van der Waals surface area contributed by atoms with Crippen LogP contribution in [0.5, 0.6) is 0 Å². The molecular weight excluding hydrogens is 355 g/mol. The molecule has 2 aromatic heterocycles. The van der Waals surface area contributed by atoms with Crippen LogP contribution < -0.4 is 9.80 Å². The summed E-state index contributed by atoms with van der Waals surface area (Å²) in [7, 11) is 1.85. The average molecular weight is 371 g/mol. The second kappa shape index (κ2) is 6.46. The highest BCUT2D eigenvalue weighted by Gasteiger charge is 2.29. The average Bonchev–Trinajstić information content (AvgIpc) is 3.31. The number of H-pyrrole nitrogens is 1. The van der Waals surface area contributed by atoms with Gasteiger partial charge >= 0.3 is 0 Å². The van der Waals surface area contributed by atoms with Crippen LogP contribution in [0.2, 0.25) is 5.02 Å². The van der Waals surface area contributed by atoms with Crippen molar-refractivity contribution >= 4 is 34.1 Å². The Bertz CT molecular complexity index is 1010. The lowest BCUT2D eigenvalue weighted by Gasteiger charge is -2.28. The molecule has 0 bridgehead atoms. The molecule has 1 aromatic carbocycles. The Labute approximate surface area is 154 Å². The highest BCUT2D eigenvalue weighted by Crippen LogP contribution is 2.31. The van der Waals surface area contributed by atoms with Gasteiger partial charge in [-0.15, -0.1) is 0 Å². The number of fused-ring (bicyclic) bond motifs is 1. The summed E-state index contributed by atoms with van der Waals surface area (Å²) in [6.07, 6.45) is 4.26. The first-order valence-electron chi connectivity index (χ1n) is 8.23. The summed E-state index contributed by atoms with van der Waals surface area (Å²) in [4.78, 5) is 15.8. The largest absolute Gasteiger partial charge is 0.367 e. The van der Waals surface area contributed by atoms with Gasteiger partial charge in [-0.3, -0.25) is 0 Å². The molecule has 132 valence electrons. The van der Waals surface area contributed by atoms with E-state index in [1.165, 1.54) is 12.1 Å². The number of likely N-dealkylation sites (N-methyl/N-ethyl adjacent to an activating group) is 1. The minimum Gasteiger partial charge on any atom is -0.367 e. The fraction of sp³-hybridized carbons (Fsp3) is 0.278. The van der Waals surface area contributed by atoms with Crippen LogP contribution in [0.1, 0.15) is 12.0 Å². The number of anilines is 2. The lowest BCUT2D eigenvalue weighted by Crippen LogP contribution is -2.35. The van der Waals surface area contributed by atoms with E-state index < -0.39 is 5.82 Å². The SMILES string of the molecule is CN(c1cc(Cl)c(C#N)cc1F)[C@@H]1CCN(c2ncnc3[nH]ccc23)C1. The zero-order valence-electron chi connectivity index (χ0n) is 14.1. The zero-order chi connectivity index (χ0) is 18.3. The Morgan fingerprint density at radius 3 is 3.08 bits per heavy atom.